The number of para-hydroxylation sites is 1. The minimum absolute atomic E-state index is 0.237. The summed E-state index contributed by atoms with van der Waals surface area (Å²) in [5, 5.41) is 17.3. The van der Waals surface area contributed by atoms with Crippen molar-refractivity contribution >= 4 is 17.3 Å². The second-order valence-electron chi connectivity index (χ2n) is 4.98. The van der Waals surface area contributed by atoms with E-state index in [0.717, 1.165) is 5.69 Å². The van der Waals surface area contributed by atoms with Crippen LogP contribution in [0.4, 0.5) is 11.4 Å². The lowest BCUT2D eigenvalue weighted by Crippen LogP contribution is -2.11. The Morgan fingerprint density at radius 3 is 2.43 bits per heavy atom. The van der Waals surface area contributed by atoms with Crippen LogP contribution >= 0.6 is 0 Å². The van der Waals surface area contributed by atoms with Gasteiger partial charge in [-0.15, -0.1) is 5.11 Å². The topological polar surface area (TPSA) is 71.2 Å². The Kier molecular flexibility index (Phi) is 5.63. The number of benzene rings is 2. The van der Waals surface area contributed by atoms with E-state index in [-0.39, 0.29) is 11.7 Å². The number of carboxylic acids is 1. The van der Waals surface area contributed by atoms with Crippen molar-refractivity contribution in [2.45, 2.75) is 20.0 Å². The van der Waals surface area contributed by atoms with E-state index in [1.165, 1.54) is 6.92 Å². The van der Waals surface area contributed by atoms with Gasteiger partial charge in [0.1, 0.15) is 17.5 Å². The van der Waals surface area contributed by atoms with Gasteiger partial charge in [0.25, 0.3) is 0 Å². The molecular formula is C18H18N2O3. The molecular weight excluding hydrogens is 292 g/mol. The number of carboxylic acid groups (broad SMARTS) is 1. The van der Waals surface area contributed by atoms with Crippen molar-refractivity contribution < 1.29 is 14.6 Å². The van der Waals surface area contributed by atoms with Gasteiger partial charge in [-0.05, 0) is 44.2 Å². The lowest BCUT2D eigenvalue weighted by Gasteiger charge is -2.13. The third kappa shape index (κ3) is 5.07. The van der Waals surface area contributed by atoms with Crippen LogP contribution in [0.3, 0.4) is 0 Å². The second kappa shape index (κ2) is 7.89. The van der Waals surface area contributed by atoms with Gasteiger partial charge in [0.05, 0.1) is 5.69 Å². The number of rotatable bonds is 6. The first-order chi connectivity index (χ1) is 11.1. The molecule has 2 rings (SSSR count). The molecule has 0 saturated carbocycles. The summed E-state index contributed by atoms with van der Waals surface area (Å²) < 4.78 is 5.76. The highest BCUT2D eigenvalue weighted by atomic mass is 16.5. The van der Waals surface area contributed by atoms with Gasteiger partial charge < -0.3 is 9.84 Å². The maximum Gasteiger partial charge on any atom is 0.331 e. The molecule has 0 fully saturated rings. The summed E-state index contributed by atoms with van der Waals surface area (Å²) >= 11 is 0. The van der Waals surface area contributed by atoms with E-state index in [0.29, 0.717) is 11.4 Å². The molecule has 0 radical (unpaired) electrons. The molecule has 0 spiro atoms. The molecule has 23 heavy (non-hydrogen) atoms. The number of ether oxygens (including phenoxy) is 1. The minimum atomic E-state index is -0.961. The predicted molar refractivity (Wildman–Crippen MR) is 88.5 cm³/mol. The maximum absolute atomic E-state index is 10.9. The van der Waals surface area contributed by atoms with E-state index in [2.05, 4.69) is 10.2 Å². The summed E-state index contributed by atoms with van der Waals surface area (Å²) in [6.45, 7) is 3.31. The van der Waals surface area contributed by atoms with E-state index in [9.17, 15) is 4.79 Å². The highest BCUT2D eigenvalue weighted by Gasteiger charge is 2.08. The zero-order valence-electron chi connectivity index (χ0n) is 13.0. The largest absolute Gasteiger partial charge is 0.484 e. The standard InChI is InChI=1S/C18H18N2O3/c1-13(18(21)22)12-14(2)23-17-11-7-6-10-16(17)20-19-15-8-4-3-5-9-15/h3-12,14H,1-2H3,(H,21,22)/b13-12+,20-19?. The van der Waals surface area contributed by atoms with Crippen molar-refractivity contribution in [2.75, 3.05) is 0 Å². The highest BCUT2D eigenvalue weighted by molar-refractivity contribution is 5.85. The van der Waals surface area contributed by atoms with Crippen molar-refractivity contribution in [2.24, 2.45) is 10.2 Å². The summed E-state index contributed by atoms with van der Waals surface area (Å²) in [7, 11) is 0. The van der Waals surface area contributed by atoms with Gasteiger partial charge in [-0.1, -0.05) is 30.3 Å². The fourth-order valence-electron chi connectivity index (χ4n) is 1.90. The molecule has 0 bridgehead atoms. The van der Waals surface area contributed by atoms with E-state index < -0.39 is 5.97 Å². The van der Waals surface area contributed by atoms with Crippen LogP contribution in [0, 0.1) is 0 Å². The van der Waals surface area contributed by atoms with Gasteiger partial charge in [0.2, 0.25) is 0 Å². The van der Waals surface area contributed by atoms with Gasteiger partial charge >= 0.3 is 5.97 Å². The molecule has 0 aliphatic heterocycles. The SMILES string of the molecule is C/C(=C\C(C)Oc1ccccc1N=Nc1ccccc1)C(=O)O. The number of nitrogens with zero attached hydrogens (tertiary/aromatic N) is 2. The zero-order chi connectivity index (χ0) is 16.7. The van der Waals surface area contributed by atoms with Crippen LogP contribution in [0.25, 0.3) is 0 Å². The van der Waals surface area contributed by atoms with Crippen LogP contribution in [0.5, 0.6) is 5.75 Å². The zero-order valence-corrected chi connectivity index (χ0v) is 13.0. The summed E-state index contributed by atoms with van der Waals surface area (Å²) in [5.41, 5.74) is 1.57. The molecule has 0 aliphatic carbocycles. The average Bonchev–Trinajstić information content (AvgIpc) is 2.54. The second-order valence-corrected chi connectivity index (χ2v) is 4.98. The van der Waals surface area contributed by atoms with Gasteiger partial charge in [0.15, 0.2) is 0 Å². The van der Waals surface area contributed by atoms with Crippen molar-refractivity contribution in [3.63, 3.8) is 0 Å². The van der Waals surface area contributed by atoms with Crippen LogP contribution < -0.4 is 4.74 Å². The van der Waals surface area contributed by atoms with Crippen molar-refractivity contribution in [3.05, 3.63) is 66.2 Å². The Morgan fingerprint density at radius 2 is 1.74 bits per heavy atom. The molecule has 5 heteroatoms. The number of carbonyl (C=O) groups is 1. The molecule has 0 saturated heterocycles. The normalized spacial score (nSPS) is 13.0. The Balaban J connectivity index is 2.16. The van der Waals surface area contributed by atoms with Crippen LogP contribution in [0.2, 0.25) is 0 Å². The van der Waals surface area contributed by atoms with Crippen molar-refractivity contribution in [1.82, 2.24) is 0 Å². The lowest BCUT2D eigenvalue weighted by molar-refractivity contribution is -0.132. The van der Waals surface area contributed by atoms with Gasteiger partial charge in [-0.25, -0.2) is 4.79 Å². The maximum atomic E-state index is 10.9. The van der Waals surface area contributed by atoms with Gasteiger partial charge in [0, 0.05) is 5.57 Å². The van der Waals surface area contributed by atoms with Crippen LogP contribution in [-0.2, 0) is 4.79 Å². The quantitative estimate of drug-likeness (QED) is 0.609. The fourth-order valence-corrected chi connectivity index (χ4v) is 1.90. The molecule has 1 atom stereocenters. The lowest BCUT2D eigenvalue weighted by atomic mass is 10.2. The first-order valence-corrected chi connectivity index (χ1v) is 7.20. The van der Waals surface area contributed by atoms with Gasteiger partial charge in [-0.2, -0.15) is 5.11 Å². The number of hydrogen-bond acceptors (Lipinski definition) is 4. The smallest absolute Gasteiger partial charge is 0.331 e. The molecule has 1 unspecified atom stereocenters. The predicted octanol–water partition coefficient (Wildman–Crippen LogP) is 4.90. The number of aliphatic carboxylic acids is 1. The van der Waals surface area contributed by atoms with Crippen LogP contribution in [0.15, 0.2) is 76.5 Å². The Labute approximate surface area is 135 Å². The van der Waals surface area contributed by atoms with E-state index in [1.807, 2.05) is 42.5 Å². The molecule has 2 aromatic carbocycles. The van der Waals surface area contributed by atoms with Gasteiger partial charge in [-0.3, -0.25) is 0 Å². The monoisotopic (exact) mass is 310 g/mol. The molecule has 118 valence electrons. The summed E-state index contributed by atoms with van der Waals surface area (Å²) in [4.78, 5) is 10.9. The molecule has 2 aromatic rings. The minimum Gasteiger partial charge on any atom is -0.484 e. The average molecular weight is 310 g/mol. The molecule has 0 amide bonds. The molecule has 0 heterocycles. The van der Waals surface area contributed by atoms with Crippen molar-refractivity contribution in [1.29, 1.82) is 0 Å². The number of hydrogen-bond donors (Lipinski definition) is 1. The van der Waals surface area contributed by atoms with E-state index >= 15 is 0 Å². The molecule has 0 aliphatic rings. The van der Waals surface area contributed by atoms with Crippen LogP contribution in [-0.4, -0.2) is 17.2 Å². The molecule has 1 N–H and O–H groups in total. The summed E-state index contributed by atoms with van der Waals surface area (Å²) in [6.07, 6.45) is 1.16. The van der Waals surface area contributed by atoms with E-state index in [1.54, 1.807) is 25.1 Å². The number of azo groups is 1. The van der Waals surface area contributed by atoms with E-state index in [4.69, 9.17) is 9.84 Å². The first-order valence-electron chi connectivity index (χ1n) is 7.20. The molecule has 0 aromatic heterocycles. The fraction of sp³-hybridized carbons (Fsp3) is 0.167. The Hall–Kier alpha value is -2.95. The first kappa shape index (κ1) is 16.4. The third-order valence-corrected chi connectivity index (χ3v) is 3.03. The molecule has 5 nitrogen and oxygen atoms in total. The summed E-state index contributed by atoms with van der Waals surface area (Å²) in [6, 6.07) is 16.6. The van der Waals surface area contributed by atoms with Crippen LogP contribution in [0.1, 0.15) is 13.8 Å². The van der Waals surface area contributed by atoms with Crippen molar-refractivity contribution in [3.8, 4) is 5.75 Å². The Bertz CT molecular complexity index is 724. The summed E-state index contributed by atoms with van der Waals surface area (Å²) in [5.74, 6) is -0.411. The third-order valence-electron chi connectivity index (χ3n) is 3.03. The highest BCUT2D eigenvalue weighted by Crippen LogP contribution is 2.29. The Morgan fingerprint density at radius 1 is 1.09 bits per heavy atom.